The molecule has 3 rings (SSSR count). The van der Waals surface area contributed by atoms with Crippen molar-refractivity contribution in [3.63, 3.8) is 0 Å². The van der Waals surface area contributed by atoms with Crippen molar-refractivity contribution in [2.24, 2.45) is 0 Å². The Morgan fingerprint density at radius 1 is 1.45 bits per heavy atom. The molecular formula is C15H18ClN3O. The molecule has 2 aromatic rings. The van der Waals surface area contributed by atoms with Crippen LogP contribution in [0.15, 0.2) is 34.9 Å². The second kappa shape index (κ2) is 5.95. The Bertz CT molecular complexity index is 584. The predicted molar refractivity (Wildman–Crippen MR) is 78.7 cm³/mol. The molecule has 2 heterocycles. The van der Waals surface area contributed by atoms with Gasteiger partial charge < -0.3 is 9.84 Å². The largest absolute Gasteiger partial charge is 0.361 e. The summed E-state index contributed by atoms with van der Waals surface area (Å²) in [6, 6.07) is 10.4. The zero-order chi connectivity index (χ0) is 13.9. The SMILES string of the molecule is Cc1cc(CN2CCNCC2c2cccc(Cl)c2)no1. The van der Waals surface area contributed by atoms with E-state index in [1.165, 1.54) is 5.56 Å². The predicted octanol–water partition coefficient (Wildman–Crippen LogP) is 2.78. The minimum atomic E-state index is 0.319. The molecule has 0 bridgehead atoms. The van der Waals surface area contributed by atoms with E-state index < -0.39 is 0 Å². The van der Waals surface area contributed by atoms with Crippen LogP contribution >= 0.6 is 11.6 Å². The average molecular weight is 292 g/mol. The molecule has 0 aliphatic carbocycles. The van der Waals surface area contributed by atoms with Gasteiger partial charge in [-0.3, -0.25) is 4.90 Å². The van der Waals surface area contributed by atoms with Gasteiger partial charge in [-0.05, 0) is 24.6 Å². The first-order valence-corrected chi connectivity index (χ1v) is 7.22. The van der Waals surface area contributed by atoms with E-state index in [1.54, 1.807) is 0 Å². The second-order valence-corrected chi connectivity index (χ2v) is 5.61. The summed E-state index contributed by atoms with van der Waals surface area (Å²) in [7, 11) is 0. The van der Waals surface area contributed by atoms with E-state index >= 15 is 0 Å². The molecule has 1 atom stereocenters. The number of nitrogens with zero attached hydrogens (tertiary/aromatic N) is 2. The third-order valence-corrected chi connectivity index (χ3v) is 3.86. The Kier molecular flexibility index (Phi) is 4.05. The van der Waals surface area contributed by atoms with Crippen LogP contribution in [-0.2, 0) is 6.54 Å². The fourth-order valence-electron chi connectivity index (χ4n) is 2.68. The van der Waals surface area contributed by atoms with E-state index in [0.29, 0.717) is 6.04 Å². The lowest BCUT2D eigenvalue weighted by Gasteiger charge is -2.36. The molecule has 0 saturated carbocycles. The van der Waals surface area contributed by atoms with Crippen LogP contribution in [0, 0.1) is 6.92 Å². The first-order valence-electron chi connectivity index (χ1n) is 6.85. The van der Waals surface area contributed by atoms with Crippen LogP contribution in [0.4, 0.5) is 0 Å². The molecule has 1 saturated heterocycles. The Morgan fingerprint density at radius 2 is 2.35 bits per heavy atom. The molecule has 1 N–H and O–H groups in total. The molecule has 0 radical (unpaired) electrons. The van der Waals surface area contributed by atoms with Gasteiger partial charge in [0.05, 0.1) is 5.69 Å². The van der Waals surface area contributed by atoms with Crippen LogP contribution in [-0.4, -0.2) is 29.7 Å². The van der Waals surface area contributed by atoms with Crippen molar-refractivity contribution in [1.82, 2.24) is 15.4 Å². The van der Waals surface area contributed by atoms with Crippen LogP contribution in [0.3, 0.4) is 0 Å². The highest BCUT2D eigenvalue weighted by Crippen LogP contribution is 2.26. The maximum Gasteiger partial charge on any atom is 0.133 e. The fourth-order valence-corrected chi connectivity index (χ4v) is 2.88. The number of benzene rings is 1. The highest BCUT2D eigenvalue weighted by Gasteiger charge is 2.24. The Balaban J connectivity index is 1.80. The summed E-state index contributed by atoms with van der Waals surface area (Å²) in [6.45, 7) is 5.63. The molecular weight excluding hydrogens is 274 g/mol. The van der Waals surface area contributed by atoms with Crippen molar-refractivity contribution in [2.45, 2.75) is 19.5 Å². The van der Waals surface area contributed by atoms with Crippen LogP contribution in [0.25, 0.3) is 0 Å². The molecule has 1 aliphatic heterocycles. The molecule has 20 heavy (non-hydrogen) atoms. The topological polar surface area (TPSA) is 41.3 Å². The second-order valence-electron chi connectivity index (χ2n) is 5.17. The summed E-state index contributed by atoms with van der Waals surface area (Å²) in [5.41, 5.74) is 2.22. The maximum absolute atomic E-state index is 6.11. The van der Waals surface area contributed by atoms with Gasteiger partial charge in [0.15, 0.2) is 0 Å². The van der Waals surface area contributed by atoms with Crippen LogP contribution in [0.5, 0.6) is 0 Å². The van der Waals surface area contributed by atoms with Gasteiger partial charge in [0.1, 0.15) is 5.76 Å². The standard InChI is InChI=1S/C15H18ClN3O/c1-11-7-14(18-20-11)10-19-6-5-17-9-15(19)12-3-2-4-13(16)8-12/h2-4,7-8,15,17H,5-6,9-10H2,1H3. The van der Waals surface area contributed by atoms with E-state index in [1.807, 2.05) is 31.2 Å². The fraction of sp³-hybridized carbons (Fsp3) is 0.400. The summed E-state index contributed by atoms with van der Waals surface area (Å²) in [5, 5.41) is 8.32. The summed E-state index contributed by atoms with van der Waals surface area (Å²) in [4.78, 5) is 2.42. The average Bonchev–Trinajstić information content (AvgIpc) is 2.85. The number of aryl methyl sites for hydroxylation is 1. The van der Waals surface area contributed by atoms with Gasteiger partial charge in [-0.25, -0.2) is 0 Å². The lowest BCUT2D eigenvalue weighted by Crippen LogP contribution is -2.45. The lowest BCUT2D eigenvalue weighted by atomic mass is 10.0. The summed E-state index contributed by atoms with van der Waals surface area (Å²) in [6.07, 6.45) is 0. The van der Waals surface area contributed by atoms with Gasteiger partial charge in [-0.15, -0.1) is 0 Å². The Hall–Kier alpha value is -1.36. The molecule has 1 unspecified atom stereocenters. The van der Waals surface area contributed by atoms with Crippen LogP contribution < -0.4 is 5.32 Å². The lowest BCUT2D eigenvalue weighted by molar-refractivity contribution is 0.150. The molecule has 5 heteroatoms. The van der Waals surface area contributed by atoms with Crippen molar-refractivity contribution in [2.75, 3.05) is 19.6 Å². The molecule has 4 nitrogen and oxygen atoms in total. The number of hydrogen-bond acceptors (Lipinski definition) is 4. The van der Waals surface area contributed by atoms with E-state index in [4.69, 9.17) is 16.1 Å². The third kappa shape index (κ3) is 3.03. The van der Waals surface area contributed by atoms with Crippen molar-refractivity contribution in [1.29, 1.82) is 0 Å². The Labute approximate surface area is 123 Å². The summed E-state index contributed by atoms with van der Waals surface area (Å²) >= 11 is 6.11. The number of halogens is 1. The van der Waals surface area contributed by atoms with Crippen LogP contribution in [0.1, 0.15) is 23.1 Å². The summed E-state index contributed by atoms with van der Waals surface area (Å²) < 4.78 is 5.15. The molecule has 1 aromatic heterocycles. The van der Waals surface area contributed by atoms with Crippen molar-refractivity contribution >= 4 is 11.6 Å². The minimum Gasteiger partial charge on any atom is -0.361 e. The van der Waals surface area contributed by atoms with Gasteiger partial charge in [0, 0.05) is 43.3 Å². The van der Waals surface area contributed by atoms with Gasteiger partial charge in [0.25, 0.3) is 0 Å². The quantitative estimate of drug-likeness (QED) is 0.944. The number of aromatic nitrogens is 1. The van der Waals surface area contributed by atoms with Crippen molar-refractivity contribution in [3.8, 4) is 0 Å². The van der Waals surface area contributed by atoms with Gasteiger partial charge in [-0.2, -0.15) is 0 Å². The smallest absolute Gasteiger partial charge is 0.133 e. The highest BCUT2D eigenvalue weighted by molar-refractivity contribution is 6.30. The van der Waals surface area contributed by atoms with Crippen molar-refractivity contribution in [3.05, 3.63) is 52.4 Å². The number of nitrogens with one attached hydrogen (secondary N) is 1. The molecule has 1 fully saturated rings. The molecule has 0 amide bonds. The van der Waals surface area contributed by atoms with E-state index in [-0.39, 0.29) is 0 Å². The van der Waals surface area contributed by atoms with Gasteiger partial charge in [-0.1, -0.05) is 28.9 Å². The van der Waals surface area contributed by atoms with E-state index in [0.717, 1.165) is 42.7 Å². The first-order chi connectivity index (χ1) is 9.72. The highest BCUT2D eigenvalue weighted by atomic mass is 35.5. The first kappa shape index (κ1) is 13.6. The molecule has 1 aromatic carbocycles. The zero-order valence-electron chi connectivity index (χ0n) is 11.5. The normalized spacial score (nSPS) is 20.2. The van der Waals surface area contributed by atoms with Gasteiger partial charge in [0.2, 0.25) is 0 Å². The summed E-state index contributed by atoms with van der Waals surface area (Å²) in [5.74, 6) is 0.856. The molecule has 0 spiro atoms. The monoisotopic (exact) mass is 291 g/mol. The molecule has 1 aliphatic rings. The van der Waals surface area contributed by atoms with Gasteiger partial charge >= 0.3 is 0 Å². The number of piperazine rings is 1. The van der Waals surface area contributed by atoms with E-state index in [2.05, 4.69) is 21.4 Å². The third-order valence-electron chi connectivity index (χ3n) is 3.63. The minimum absolute atomic E-state index is 0.319. The number of hydrogen-bond donors (Lipinski definition) is 1. The number of rotatable bonds is 3. The zero-order valence-corrected chi connectivity index (χ0v) is 12.2. The Morgan fingerprint density at radius 3 is 3.10 bits per heavy atom. The molecule has 106 valence electrons. The maximum atomic E-state index is 6.11. The van der Waals surface area contributed by atoms with E-state index in [9.17, 15) is 0 Å². The van der Waals surface area contributed by atoms with Crippen LogP contribution in [0.2, 0.25) is 5.02 Å². The van der Waals surface area contributed by atoms with Crippen molar-refractivity contribution < 1.29 is 4.52 Å².